The van der Waals surface area contributed by atoms with E-state index in [4.69, 9.17) is 21.1 Å². The Morgan fingerprint density at radius 3 is 2.74 bits per heavy atom. The maximum absolute atomic E-state index is 9.95. The summed E-state index contributed by atoms with van der Waals surface area (Å²) >= 11 is 0. The smallest absolute Gasteiger partial charge is 0.144 e. The van der Waals surface area contributed by atoms with Crippen LogP contribution in [0.3, 0.4) is 0 Å². The summed E-state index contributed by atoms with van der Waals surface area (Å²) in [6, 6.07) is 15.4. The van der Waals surface area contributed by atoms with Crippen LogP contribution in [0.1, 0.15) is 30.7 Å². The highest BCUT2D eigenvalue weighted by molar-refractivity contribution is 6.11. The number of phenolic OH excluding ortho intramolecular Hbond substituents is 1. The summed E-state index contributed by atoms with van der Waals surface area (Å²) in [5.41, 5.74) is 2.68. The molecule has 0 amide bonds. The second-order valence-corrected chi connectivity index (χ2v) is 8.83. The second kappa shape index (κ2) is 10.0. The zero-order chi connectivity index (χ0) is 23.3. The number of fused-ring (bicyclic) bond motifs is 3. The van der Waals surface area contributed by atoms with Gasteiger partial charge in [-0.05, 0) is 43.6 Å². The van der Waals surface area contributed by atoms with E-state index in [1.807, 2.05) is 24.3 Å². The number of terminal acetylenes is 1. The molecule has 7 heteroatoms. The number of piperidine rings is 1. The molecule has 4 aromatic rings. The third-order valence-electron chi connectivity index (χ3n) is 6.33. The molecule has 1 fully saturated rings. The number of phenols is 1. The first-order chi connectivity index (χ1) is 16.7. The number of aromatic nitrogens is 3. The van der Waals surface area contributed by atoms with Crippen LogP contribution in [0.15, 0.2) is 48.5 Å². The Bertz CT molecular complexity index is 1310. The Kier molecular flexibility index (Phi) is 6.50. The fourth-order valence-electron chi connectivity index (χ4n) is 4.70. The first-order valence-corrected chi connectivity index (χ1v) is 11.8. The van der Waals surface area contributed by atoms with Gasteiger partial charge in [0.05, 0.1) is 17.4 Å². The van der Waals surface area contributed by atoms with Crippen LogP contribution < -0.4 is 5.32 Å². The molecule has 1 aliphatic rings. The fraction of sp³-hybridized carbons (Fsp3) is 0.333. The maximum Gasteiger partial charge on any atom is 0.144 e. The SMILES string of the molecule is C#COC(CNc1nc(Cc2ccccc2)nc2[nH]c3cc(O)ccc3c12)CN1CCCCC1. The molecule has 2 aromatic heterocycles. The van der Waals surface area contributed by atoms with Crippen molar-refractivity contribution in [2.75, 3.05) is 31.5 Å². The van der Waals surface area contributed by atoms with Crippen LogP contribution in [0.2, 0.25) is 0 Å². The van der Waals surface area contributed by atoms with E-state index >= 15 is 0 Å². The highest BCUT2D eigenvalue weighted by Crippen LogP contribution is 2.32. The van der Waals surface area contributed by atoms with Crippen molar-refractivity contribution >= 4 is 27.8 Å². The topological polar surface area (TPSA) is 86.3 Å². The number of rotatable bonds is 8. The Hall–Kier alpha value is -3.76. The Balaban J connectivity index is 1.46. The molecule has 5 rings (SSSR count). The zero-order valence-electron chi connectivity index (χ0n) is 19.1. The van der Waals surface area contributed by atoms with Crippen molar-refractivity contribution in [1.29, 1.82) is 0 Å². The van der Waals surface area contributed by atoms with Crippen LogP contribution in [0.4, 0.5) is 5.82 Å². The van der Waals surface area contributed by atoms with E-state index in [1.54, 1.807) is 12.1 Å². The predicted octanol–water partition coefficient (Wildman–Crippen LogP) is 4.28. The summed E-state index contributed by atoms with van der Waals surface area (Å²) in [5, 5.41) is 15.3. The van der Waals surface area contributed by atoms with Crippen molar-refractivity contribution in [1.82, 2.24) is 19.9 Å². The van der Waals surface area contributed by atoms with Gasteiger partial charge in [-0.3, -0.25) is 4.90 Å². The lowest BCUT2D eigenvalue weighted by molar-refractivity contribution is 0.106. The summed E-state index contributed by atoms with van der Waals surface area (Å²) in [5.74, 6) is 1.65. The molecule has 3 heterocycles. The number of nitrogens with one attached hydrogen (secondary N) is 2. The van der Waals surface area contributed by atoms with E-state index in [2.05, 4.69) is 33.4 Å². The maximum atomic E-state index is 9.95. The summed E-state index contributed by atoms with van der Waals surface area (Å²) in [4.78, 5) is 15.4. The molecule has 1 saturated heterocycles. The van der Waals surface area contributed by atoms with Gasteiger partial charge in [0.25, 0.3) is 0 Å². The van der Waals surface area contributed by atoms with Crippen molar-refractivity contribution in [2.24, 2.45) is 0 Å². The highest BCUT2D eigenvalue weighted by atomic mass is 16.5. The standard InChI is InChI=1S/C27H29N5O2/c1-2-34-21(18-32-13-7-4-8-14-32)17-28-26-25-22-12-11-20(33)16-23(22)29-27(25)31-24(30-26)15-19-9-5-3-6-10-19/h1,3,5-6,9-12,16,21,33H,4,7-8,13-15,17-18H2,(H2,28,29,30,31). The van der Waals surface area contributed by atoms with Crippen LogP contribution in [0.25, 0.3) is 21.9 Å². The molecule has 0 aliphatic carbocycles. The van der Waals surface area contributed by atoms with Crippen LogP contribution >= 0.6 is 0 Å². The molecule has 0 radical (unpaired) electrons. The number of hydrogen-bond donors (Lipinski definition) is 3. The van der Waals surface area contributed by atoms with E-state index in [0.29, 0.717) is 18.8 Å². The third kappa shape index (κ3) is 4.92. The number of anilines is 1. The average molecular weight is 456 g/mol. The summed E-state index contributed by atoms with van der Waals surface area (Å²) in [7, 11) is 0. The monoisotopic (exact) mass is 455 g/mol. The summed E-state index contributed by atoms with van der Waals surface area (Å²) in [6.45, 7) is 3.47. The van der Waals surface area contributed by atoms with Gasteiger partial charge < -0.3 is 20.1 Å². The van der Waals surface area contributed by atoms with Crippen LogP contribution in [-0.2, 0) is 11.2 Å². The minimum atomic E-state index is -0.153. The van der Waals surface area contributed by atoms with E-state index in [-0.39, 0.29) is 11.9 Å². The molecule has 2 aromatic carbocycles. The van der Waals surface area contributed by atoms with Gasteiger partial charge in [0.15, 0.2) is 0 Å². The molecular weight excluding hydrogens is 426 g/mol. The number of aromatic amines is 1. The highest BCUT2D eigenvalue weighted by Gasteiger charge is 2.20. The summed E-state index contributed by atoms with van der Waals surface area (Å²) < 4.78 is 5.63. The van der Waals surface area contributed by atoms with Gasteiger partial charge in [-0.25, -0.2) is 9.97 Å². The molecule has 0 bridgehead atoms. The molecule has 0 saturated carbocycles. The second-order valence-electron chi connectivity index (χ2n) is 8.83. The van der Waals surface area contributed by atoms with Gasteiger partial charge in [-0.15, -0.1) is 0 Å². The molecule has 3 N–H and O–H groups in total. The largest absolute Gasteiger partial charge is 0.508 e. The quantitative estimate of drug-likeness (QED) is 0.344. The summed E-state index contributed by atoms with van der Waals surface area (Å²) in [6.07, 6.45) is 12.1. The van der Waals surface area contributed by atoms with E-state index in [0.717, 1.165) is 53.0 Å². The number of hydrogen-bond acceptors (Lipinski definition) is 6. The van der Waals surface area contributed by atoms with Crippen LogP contribution in [-0.4, -0.2) is 57.2 Å². The van der Waals surface area contributed by atoms with Gasteiger partial charge >= 0.3 is 0 Å². The number of likely N-dealkylation sites (tertiary alicyclic amines) is 1. The van der Waals surface area contributed by atoms with Gasteiger partial charge in [0.2, 0.25) is 0 Å². The van der Waals surface area contributed by atoms with Gasteiger partial charge in [-0.2, -0.15) is 0 Å². The zero-order valence-corrected chi connectivity index (χ0v) is 19.1. The van der Waals surface area contributed by atoms with Gasteiger partial charge in [-0.1, -0.05) is 43.2 Å². The van der Waals surface area contributed by atoms with Gasteiger partial charge in [0, 0.05) is 24.4 Å². The Labute approximate surface area is 199 Å². The van der Waals surface area contributed by atoms with Crippen molar-refractivity contribution in [2.45, 2.75) is 31.8 Å². The molecule has 1 aliphatic heterocycles. The normalized spacial score (nSPS) is 15.3. The minimum Gasteiger partial charge on any atom is -0.508 e. The number of H-pyrrole nitrogens is 1. The average Bonchev–Trinajstić information content (AvgIpc) is 3.21. The number of aromatic hydroxyl groups is 1. The van der Waals surface area contributed by atoms with E-state index < -0.39 is 0 Å². The van der Waals surface area contributed by atoms with E-state index in [9.17, 15) is 5.11 Å². The first-order valence-electron chi connectivity index (χ1n) is 11.8. The first kappa shape index (κ1) is 22.1. The number of ether oxygens (including phenoxy) is 1. The Morgan fingerprint density at radius 1 is 1.12 bits per heavy atom. The van der Waals surface area contributed by atoms with Gasteiger partial charge in [0.1, 0.15) is 35.2 Å². The minimum absolute atomic E-state index is 0.153. The lowest BCUT2D eigenvalue weighted by atomic mass is 10.1. The number of benzene rings is 2. The van der Waals surface area contributed by atoms with E-state index in [1.165, 1.54) is 19.3 Å². The van der Waals surface area contributed by atoms with Crippen molar-refractivity contribution in [3.8, 4) is 18.3 Å². The molecule has 0 spiro atoms. The fourth-order valence-corrected chi connectivity index (χ4v) is 4.70. The Morgan fingerprint density at radius 2 is 1.94 bits per heavy atom. The predicted molar refractivity (Wildman–Crippen MR) is 135 cm³/mol. The number of nitrogens with zero attached hydrogens (tertiary/aromatic N) is 3. The molecular formula is C27H29N5O2. The molecule has 174 valence electrons. The van der Waals surface area contributed by atoms with Crippen molar-refractivity contribution < 1.29 is 9.84 Å². The van der Waals surface area contributed by atoms with Crippen LogP contribution in [0, 0.1) is 12.5 Å². The van der Waals surface area contributed by atoms with Crippen LogP contribution in [0.5, 0.6) is 5.75 Å². The lowest BCUT2D eigenvalue weighted by Gasteiger charge is -2.29. The lowest BCUT2D eigenvalue weighted by Crippen LogP contribution is -2.40. The van der Waals surface area contributed by atoms with Crippen molar-refractivity contribution in [3.63, 3.8) is 0 Å². The molecule has 7 nitrogen and oxygen atoms in total. The molecule has 1 atom stereocenters. The van der Waals surface area contributed by atoms with Crippen molar-refractivity contribution in [3.05, 3.63) is 59.9 Å². The molecule has 34 heavy (non-hydrogen) atoms. The molecule has 1 unspecified atom stereocenters. The third-order valence-corrected chi connectivity index (χ3v) is 6.33.